The van der Waals surface area contributed by atoms with Crippen LogP contribution in [0.1, 0.15) is 31.7 Å². The number of fused-ring (bicyclic) bond motifs is 1. The number of rotatable bonds is 4. The van der Waals surface area contributed by atoms with Crippen molar-refractivity contribution in [2.24, 2.45) is 0 Å². The van der Waals surface area contributed by atoms with Gasteiger partial charge in [-0.3, -0.25) is 19.5 Å². The highest BCUT2D eigenvalue weighted by atomic mass is 35.5. The van der Waals surface area contributed by atoms with Crippen LogP contribution in [0.15, 0.2) is 48.8 Å². The number of nitrogens with one attached hydrogen (secondary N) is 3. The van der Waals surface area contributed by atoms with Gasteiger partial charge in [0.05, 0.1) is 34.4 Å². The first-order valence-electron chi connectivity index (χ1n) is 10.7. The van der Waals surface area contributed by atoms with Crippen LogP contribution in [-0.2, 0) is 15.1 Å². The Kier molecular flexibility index (Phi) is 5.27. The topological polar surface area (TPSA) is 94.8 Å². The first kappa shape index (κ1) is 20.8. The Hall–Kier alpha value is -3.10. The van der Waals surface area contributed by atoms with Gasteiger partial charge in [0.2, 0.25) is 11.9 Å². The maximum absolute atomic E-state index is 13.1. The van der Waals surface area contributed by atoms with E-state index >= 15 is 0 Å². The number of hydrogen-bond donors (Lipinski definition) is 3. The Morgan fingerprint density at radius 1 is 1.25 bits per heavy atom. The molecule has 3 aromatic rings. The predicted octanol–water partition coefficient (Wildman–Crippen LogP) is 3.88. The molecule has 166 valence electrons. The van der Waals surface area contributed by atoms with Crippen LogP contribution in [0.2, 0.25) is 5.02 Å². The fourth-order valence-corrected chi connectivity index (χ4v) is 4.96. The van der Waals surface area contributed by atoms with E-state index in [4.69, 9.17) is 21.7 Å². The molecule has 2 aliphatic rings. The van der Waals surface area contributed by atoms with Crippen LogP contribution in [0.4, 0.5) is 11.6 Å². The summed E-state index contributed by atoms with van der Waals surface area (Å²) in [5.74, 6) is 0.692. The molecule has 1 atom stereocenters. The third-order valence-corrected chi connectivity index (χ3v) is 6.65. The number of carbonyl (C=O) groups is 1. The minimum absolute atomic E-state index is 0.00186. The Balaban J connectivity index is 1.42. The third kappa shape index (κ3) is 3.59. The standard InChI is InChI=1S/C23H25ClN6O2/c1-23(13-19(31)30(21(25)28-23)15-8-11-32-12-9-15)17-6-4-7-18(20(17)24)27-22-26-14-16-5-2-3-10-29(16)22/h2-7,10,14-15H,8-9,11-13H2,1H3,(H2,25,28)(H,26,27)/t23-/m0/s1. The normalized spacial score (nSPS) is 22.2. The molecule has 0 aliphatic carbocycles. The van der Waals surface area contributed by atoms with E-state index in [0.29, 0.717) is 29.9 Å². The molecule has 2 aromatic heterocycles. The number of imidazole rings is 1. The van der Waals surface area contributed by atoms with Crippen molar-refractivity contribution in [1.29, 1.82) is 5.41 Å². The van der Waals surface area contributed by atoms with Crippen LogP contribution in [0, 0.1) is 5.41 Å². The zero-order chi connectivity index (χ0) is 22.3. The second-order valence-electron chi connectivity index (χ2n) is 8.46. The van der Waals surface area contributed by atoms with Crippen LogP contribution in [-0.4, -0.2) is 45.4 Å². The number of benzene rings is 1. The Morgan fingerprint density at radius 3 is 2.84 bits per heavy atom. The average Bonchev–Trinajstić information content (AvgIpc) is 3.18. The number of nitrogens with zero attached hydrogens (tertiary/aromatic N) is 3. The smallest absolute Gasteiger partial charge is 0.232 e. The van der Waals surface area contributed by atoms with Crippen LogP contribution in [0.25, 0.3) is 5.52 Å². The lowest BCUT2D eigenvalue weighted by Crippen LogP contribution is -2.62. The number of pyridine rings is 1. The molecule has 9 heteroatoms. The summed E-state index contributed by atoms with van der Waals surface area (Å²) in [5.41, 5.74) is 1.62. The Labute approximate surface area is 191 Å². The summed E-state index contributed by atoms with van der Waals surface area (Å²) in [6.07, 6.45) is 5.41. The molecule has 8 nitrogen and oxygen atoms in total. The molecular weight excluding hydrogens is 428 g/mol. The highest BCUT2D eigenvalue weighted by molar-refractivity contribution is 6.34. The van der Waals surface area contributed by atoms with Crippen molar-refractivity contribution in [3.63, 3.8) is 0 Å². The molecule has 1 aromatic carbocycles. The number of guanidine groups is 1. The van der Waals surface area contributed by atoms with E-state index in [1.165, 1.54) is 0 Å². The molecule has 0 bridgehead atoms. The molecule has 0 spiro atoms. The van der Waals surface area contributed by atoms with E-state index in [0.717, 1.165) is 23.9 Å². The number of halogens is 1. The van der Waals surface area contributed by atoms with Gasteiger partial charge < -0.3 is 15.4 Å². The summed E-state index contributed by atoms with van der Waals surface area (Å²) in [4.78, 5) is 19.2. The van der Waals surface area contributed by atoms with Crippen LogP contribution < -0.4 is 10.6 Å². The fraction of sp³-hybridized carbons (Fsp3) is 0.348. The van der Waals surface area contributed by atoms with Crippen LogP contribution >= 0.6 is 11.6 Å². The van der Waals surface area contributed by atoms with Gasteiger partial charge in [0.15, 0.2) is 5.96 Å². The van der Waals surface area contributed by atoms with Gasteiger partial charge in [-0.2, -0.15) is 0 Å². The van der Waals surface area contributed by atoms with Crippen molar-refractivity contribution in [2.75, 3.05) is 18.5 Å². The lowest BCUT2D eigenvalue weighted by molar-refractivity contribution is -0.133. The molecule has 3 N–H and O–H groups in total. The zero-order valence-electron chi connectivity index (χ0n) is 17.8. The monoisotopic (exact) mass is 452 g/mol. The van der Waals surface area contributed by atoms with Crippen molar-refractivity contribution < 1.29 is 9.53 Å². The summed E-state index contributed by atoms with van der Waals surface area (Å²) in [5, 5.41) is 15.6. The number of carbonyl (C=O) groups excluding carboxylic acids is 1. The van der Waals surface area contributed by atoms with Gasteiger partial charge in [-0.05, 0) is 43.5 Å². The largest absolute Gasteiger partial charge is 0.381 e. The van der Waals surface area contributed by atoms with E-state index in [9.17, 15) is 4.79 Å². The van der Waals surface area contributed by atoms with E-state index in [1.54, 1.807) is 11.1 Å². The highest BCUT2D eigenvalue weighted by Crippen LogP contribution is 2.39. The summed E-state index contributed by atoms with van der Waals surface area (Å²) in [7, 11) is 0. The van der Waals surface area contributed by atoms with Gasteiger partial charge in [-0.15, -0.1) is 0 Å². The van der Waals surface area contributed by atoms with Crippen molar-refractivity contribution in [2.45, 2.75) is 37.8 Å². The van der Waals surface area contributed by atoms with Gasteiger partial charge in [0, 0.05) is 25.5 Å². The quantitative estimate of drug-likeness (QED) is 0.558. The minimum atomic E-state index is -0.792. The summed E-state index contributed by atoms with van der Waals surface area (Å²) in [6.45, 7) is 3.14. The lowest BCUT2D eigenvalue weighted by Gasteiger charge is -2.45. The van der Waals surface area contributed by atoms with E-state index in [2.05, 4.69) is 15.6 Å². The first-order chi connectivity index (χ1) is 15.5. The van der Waals surface area contributed by atoms with Gasteiger partial charge in [-0.25, -0.2) is 4.98 Å². The Morgan fingerprint density at radius 2 is 2.06 bits per heavy atom. The fourth-order valence-electron chi connectivity index (χ4n) is 4.58. The van der Waals surface area contributed by atoms with E-state index in [1.807, 2.05) is 53.9 Å². The van der Waals surface area contributed by atoms with Gasteiger partial charge in [-0.1, -0.05) is 29.8 Å². The zero-order valence-corrected chi connectivity index (χ0v) is 18.5. The molecular formula is C23H25ClN6O2. The summed E-state index contributed by atoms with van der Waals surface area (Å²) in [6, 6.07) is 11.5. The van der Waals surface area contributed by atoms with Crippen molar-refractivity contribution in [3.8, 4) is 0 Å². The maximum Gasteiger partial charge on any atom is 0.232 e. The second-order valence-corrected chi connectivity index (χ2v) is 8.84. The molecule has 5 rings (SSSR count). The van der Waals surface area contributed by atoms with E-state index < -0.39 is 5.54 Å². The Bertz CT molecular complexity index is 1170. The van der Waals surface area contributed by atoms with Crippen LogP contribution in [0.3, 0.4) is 0 Å². The van der Waals surface area contributed by atoms with E-state index in [-0.39, 0.29) is 24.3 Å². The molecule has 2 fully saturated rings. The van der Waals surface area contributed by atoms with Crippen molar-refractivity contribution in [3.05, 3.63) is 59.4 Å². The number of hydrogen-bond acceptors (Lipinski definition) is 5. The van der Waals surface area contributed by atoms with Gasteiger partial charge in [0.1, 0.15) is 0 Å². The number of ether oxygens (including phenoxy) is 1. The highest BCUT2D eigenvalue weighted by Gasteiger charge is 2.43. The van der Waals surface area contributed by atoms with Gasteiger partial charge >= 0.3 is 0 Å². The molecule has 2 saturated heterocycles. The molecule has 1 amide bonds. The number of anilines is 2. The third-order valence-electron chi connectivity index (χ3n) is 6.24. The minimum Gasteiger partial charge on any atom is -0.381 e. The first-order valence-corrected chi connectivity index (χ1v) is 11.1. The molecule has 4 heterocycles. The second kappa shape index (κ2) is 8.11. The van der Waals surface area contributed by atoms with Crippen molar-refractivity contribution in [1.82, 2.24) is 19.6 Å². The van der Waals surface area contributed by atoms with Gasteiger partial charge in [0.25, 0.3) is 0 Å². The molecule has 2 aliphatic heterocycles. The SMILES string of the molecule is C[C@@]1(c2cccc(Nc3ncc4ccccn34)c2Cl)CC(=O)N(C2CCOCC2)C(=N)N1. The van der Waals surface area contributed by atoms with Crippen LogP contribution in [0.5, 0.6) is 0 Å². The lowest BCUT2D eigenvalue weighted by atomic mass is 9.85. The molecule has 0 saturated carbocycles. The van der Waals surface area contributed by atoms with Crippen molar-refractivity contribution >= 4 is 40.6 Å². The number of aromatic nitrogens is 2. The maximum atomic E-state index is 13.1. The number of amides is 1. The predicted molar refractivity (Wildman–Crippen MR) is 123 cm³/mol. The summed E-state index contributed by atoms with van der Waals surface area (Å²) >= 11 is 6.83. The average molecular weight is 453 g/mol. The molecule has 0 unspecified atom stereocenters. The molecule has 0 radical (unpaired) electrons. The summed E-state index contributed by atoms with van der Waals surface area (Å²) < 4.78 is 7.35. The molecule has 32 heavy (non-hydrogen) atoms.